The summed E-state index contributed by atoms with van der Waals surface area (Å²) in [5.41, 5.74) is 0.989. The van der Waals surface area contributed by atoms with Crippen molar-refractivity contribution in [2.24, 2.45) is 0 Å². The third-order valence-corrected chi connectivity index (χ3v) is 2.75. The summed E-state index contributed by atoms with van der Waals surface area (Å²) in [5, 5.41) is 7.21. The number of hydrogen-bond acceptors (Lipinski definition) is 3. The summed E-state index contributed by atoms with van der Waals surface area (Å²) in [6.45, 7) is 4.17. The largest absolute Gasteiger partial charge is 0.364 e. The molecule has 0 saturated heterocycles. The Morgan fingerprint density at radius 2 is 1.88 bits per heavy atom. The lowest BCUT2D eigenvalue weighted by Gasteiger charge is -2.02. The zero-order valence-corrected chi connectivity index (χ0v) is 10.4. The van der Waals surface area contributed by atoms with Crippen LogP contribution in [0.15, 0.2) is 16.9 Å². The summed E-state index contributed by atoms with van der Waals surface area (Å²) in [7, 11) is 0. The molecule has 1 heterocycles. The second kappa shape index (κ2) is 9.40. The maximum atomic E-state index is 4.76. The molecule has 0 amide bonds. The predicted octanol–water partition coefficient (Wildman–Crippen LogP) is 3.51. The number of rotatable bonds is 10. The smallest absolute Gasteiger partial charge is 0.124 e. The van der Waals surface area contributed by atoms with E-state index < -0.39 is 0 Å². The Morgan fingerprint density at radius 3 is 2.56 bits per heavy atom. The fraction of sp³-hybridized carbons (Fsp3) is 0.769. The molecule has 0 radical (unpaired) electrons. The van der Waals surface area contributed by atoms with Crippen LogP contribution in [0.2, 0.25) is 0 Å². The Bertz CT molecular complexity index is 234. The Kier molecular flexibility index (Phi) is 7.78. The maximum absolute atomic E-state index is 4.76. The first-order valence-electron chi connectivity index (χ1n) is 6.53. The highest BCUT2D eigenvalue weighted by Gasteiger charge is 1.95. The second-order valence-corrected chi connectivity index (χ2v) is 4.29. The van der Waals surface area contributed by atoms with Gasteiger partial charge in [0.2, 0.25) is 0 Å². The van der Waals surface area contributed by atoms with Gasteiger partial charge < -0.3 is 9.84 Å². The topological polar surface area (TPSA) is 38.1 Å². The summed E-state index contributed by atoms with van der Waals surface area (Å²) < 4.78 is 4.76. The van der Waals surface area contributed by atoms with E-state index in [-0.39, 0.29) is 0 Å². The molecular formula is C13H24N2O. The SMILES string of the molecule is CCCCCCCCCNCc1ccon1. The van der Waals surface area contributed by atoms with E-state index >= 15 is 0 Å². The van der Waals surface area contributed by atoms with Gasteiger partial charge in [0, 0.05) is 12.6 Å². The first-order chi connectivity index (χ1) is 7.93. The molecule has 0 bridgehead atoms. The number of unbranched alkanes of at least 4 members (excludes halogenated alkanes) is 6. The third kappa shape index (κ3) is 6.62. The summed E-state index contributed by atoms with van der Waals surface area (Å²) in [4.78, 5) is 0. The van der Waals surface area contributed by atoms with E-state index in [0.717, 1.165) is 18.8 Å². The normalized spacial score (nSPS) is 10.8. The molecule has 3 heteroatoms. The average molecular weight is 224 g/mol. The van der Waals surface area contributed by atoms with Gasteiger partial charge in [0.1, 0.15) is 6.26 Å². The number of hydrogen-bond donors (Lipinski definition) is 1. The van der Waals surface area contributed by atoms with Gasteiger partial charge in [0.15, 0.2) is 0 Å². The van der Waals surface area contributed by atoms with Crippen LogP contribution in [-0.4, -0.2) is 11.7 Å². The molecule has 0 aliphatic rings. The molecule has 16 heavy (non-hydrogen) atoms. The number of aromatic nitrogens is 1. The molecule has 0 aromatic carbocycles. The van der Waals surface area contributed by atoms with Crippen molar-refractivity contribution >= 4 is 0 Å². The summed E-state index contributed by atoms with van der Waals surface area (Å²) in [6.07, 6.45) is 11.1. The molecular weight excluding hydrogens is 200 g/mol. The van der Waals surface area contributed by atoms with Crippen molar-refractivity contribution in [1.29, 1.82) is 0 Å². The first-order valence-corrected chi connectivity index (χ1v) is 6.53. The van der Waals surface area contributed by atoms with Crippen molar-refractivity contribution in [3.8, 4) is 0 Å². The van der Waals surface area contributed by atoms with Gasteiger partial charge in [-0.2, -0.15) is 0 Å². The quantitative estimate of drug-likeness (QED) is 0.618. The molecule has 0 fully saturated rings. The maximum Gasteiger partial charge on any atom is 0.124 e. The molecule has 1 aromatic heterocycles. The fourth-order valence-corrected chi connectivity index (χ4v) is 1.75. The monoisotopic (exact) mass is 224 g/mol. The van der Waals surface area contributed by atoms with E-state index in [0.29, 0.717) is 0 Å². The molecule has 1 N–H and O–H groups in total. The predicted molar refractivity (Wildman–Crippen MR) is 66.2 cm³/mol. The van der Waals surface area contributed by atoms with Crippen molar-refractivity contribution in [3.05, 3.63) is 18.0 Å². The lowest BCUT2D eigenvalue weighted by Crippen LogP contribution is -2.14. The molecule has 0 saturated carbocycles. The molecule has 92 valence electrons. The lowest BCUT2D eigenvalue weighted by atomic mass is 10.1. The molecule has 1 aromatic rings. The van der Waals surface area contributed by atoms with E-state index in [9.17, 15) is 0 Å². The minimum absolute atomic E-state index is 0.826. The van der Waals surface area contributed by atoms with Crippen LogP contribution in [0.25, 0.3) is 0 Å². The van der Waals surface area contributed by atoms with Crippen molar-refractivity contribution in [3.63, 3.8) is 0 Å². The lowest BCUT2D eigenvalue weighted by molar-refractivity contribution is 0.408. The van der Waals surface area contributed by atoms with Gasteiger partial charge in [-0.15, -0.1) is 0 Å². The third-order valence-electron chi connectivity index (χ3n) is 2.75. The zero-order chi connectivity index (χ0) is 11.5. The van der Waals surface area contributed by atoms with Crippen molar-refractivity contribution in [2.75, 3.05) is 6.54 Å². The summed E-state index contributed by atoms with van der Waals surface area (Å²) in [5.74, 6) is 0. The van der Waals surface area contributed by atoms with Crippen LogP contribution < -0.4 is 5.32 Å². The highest BCUT2D eigenvalue weighted by molar-refractivity contribution is 4.93. The van der Waals surface area contributed by atoms with E-state index in [2.05, 4.69) is 17.4 Å². The summed E-state index contributed by atoms with van der Waals surface area (Å²) in [6, 6.07) is 1.90. The number of nitrogens with zero attached hydrogens (tertiary/aromatic N) is 1. The van der Waals surface area contributed by atoms with Gasteiger partial charge in [0.25, 0.3) is 0 Å². The van der Waals surface area contributed by atoms with Crippen LogP contribution in [0.4, 0.5) is 0 Å². The van der Waals surface area contributed by atoms with E-state index in [1.165, 1.54) is 44.9 Å². The first kappa shape index (κ1) is 13.2. The minimum atomic E-state index is 0.826. The molecule has 0 atom stereocenters. The Morgan fingerprint density at radius 1 is 1.12 bits per heavy atom. The number of nitrogens with one attached hydrogen (secondary N) is 1. The van der Waals surface area contributed by atoms with E-state index in [4.69, 9.17) is 4.52 Å². The van der Waals surface area contributed by atoms with Gasteiger partial charge in [-0.05, 0) is 13.0 Å². The van der Waals surface area contributed by atoms with Crippen molar-refractivity contribution in [2.45, 2.75) is 58.4 Å². The Balaban J connectivity index is 1.78. The van der Waals surface area contributed by atoms with Crippen LogP contribution in [0.3, 0.4) is 0 Å². The molecule has 0 spiro atoms. The van der Waals surface area contributed by atoms with Gasteiger partial charge in [0.05, 0.1) is 5.69 Å². The van der Waals surface area contributed by atoms with Gasteiger partial charge in [-0.1, -0.05) is 50.6 Å². The second-order valence-electron chi connectivity index (χ2n) is 4.29. The Hall–Kier alpha value is -0.830. The van der Waals surface area contributed by atoms with E-state index in [1.54, 1.807) is 6.26 Å². The van der Waals surface area contributed by atoms with Crippen molar-refractivity contribution in [1.82, 2.24) is 10.5 Å². The van der Waals surface area contributed by atoms with Crippen LogP contribution in [0.5, 0.6) is 0 Å². The average Bonchev–Trinajstić information content (AvgIpc) is 2.80. The minimum Gasteiger partial charge on any atom is -0.364 e. The molecule has 3 nitrogen and oxygen atoms in total. The van der Waals surface area contributed by atoms with Gasteiger partial charge in [-0.25, -0.2) is 0 Å². The molecule has 0 unspecified atom stereocenters. The molecule has 0 aliphatic heterocycles. The van der Waals surface area contributed by atoms with E-state index in [1.807, 2.05) is 6.07 Å². The van der Waals surface area contributed by atoms with Crippen LogP contribution in [0, 0.1) is 0 Å². The molecule has 0 aliphatic carbocycles. The Labute approximate surface area is 98.6 Å². The standard InChI is InChI=1S/C13H24N2O/c1-2-3-4-5-6-7-8-10-14-12-13-9-11-16-15-13/h9,11,14H,2-8,10,12H2,1H3. The fourth-order valence-electron chi connectivity index (χ4n) is 1.75. The summed E-state index contributed by atoms with van der Waals surface area (Å²) >= 11 is 0. The van der Waals surface area contributed by atoms with Crippen LogP contribution >= 0.6 is 0 Å². The van der Waals surface area contributed by atoms with Crippen LogP contribution in [0.1, 0.15) is 57.6 Å². The van der Waals surface area contributed by atoms with Crippen molar-refractivity contribution < 1.29 is 4.52 Å². The highest BCUT2D eigenvalue weighted by atomic mass is 16.5. The van der Waals surface area contributed by atoms with Crippen LogP contribution in [-0.2, 0) is 6.54 Å². The highest BCUT2D eigenvalue weighted by Crippen LogP contribution is 2.06. The molecule has 1 rings (SSSR count). The van der Waals surface area contributed by atoms with Gasteiger partial charge in [-0.3, -0.25) is 0 Å². The zero-order valence-electron chi connectivity index (χ0n) is 10.4. The van der Waals surface area contributed by atoms with Gasteiger partial charge >= 0.3 is 0 Å².